The molecule has 21 heavy (non-hydrogen) atoms. The van der Waals surface area contributed by atoms with Crippen LogP contribution in [0.3, 0.4) is 0 Å². The van der Waals surface area contributed by atoms with Gasteiger partial charge in [-0.05, 0) is 30.0 Å². The van der Waals surface area contributed by atoms with Gasteiger partial charge in [0.1, 0.15) is 5.75 Å². The van der Waals surface area contributed by atoms with Gasteiger partial charge in [0.2, 0.25) is 0 Å². The highest BCUT2D eigenvalue weighted by molar-refractivity contribution is 5.31. The predicted molar refractivity (Wildman–Crippen MR) is 83.1 cm³/mol. The number of methoxy groups -OCH3 is 1. The zero-order valence-electron chi connectivity index (χ0n) is 13.0. The van der Waals surface area contributed by atoms with E-state index in [0.29, 0.717) is 6.04 Å². The molecule has 2 heterocycles. The molecule has 1 aliphatic heterocycles. The average molecular weight is 285 g/mol. The van der Waals surface area contributed by atoms with Gasteiger partial charge in [0.25, 0.3) is 0 Å². The monoisotopic (exact) mass is 285 g/mol. The van der Waals surface area contributed by atoms with Crippen LogP contribution in [0.2, 0.25) is 0 Å². The summed E-state index contributed by atoms with van der Waals surface area (Å²) in [6.45, 7) is 4.42. The fourth-order valence-corrected chi connectivity index (χ4v) is 3.29. The number of aromatic nitrogens is 2. The minimum atomic E-state index is 0.468. The minimum absolute atomic E-state index is 0.468. The van der Waals surface area contributed by atoms with E-state index < -0.39 is 0 Å². The molecule has 2 atom stereocenters. The van der Waals surface area contributed by atoms with Crippen molar-refractivity contribution in [3.63, 3.8) is 0 Å². The fraction of sp³-hybridized carbons (Fsp3) is 0.471. The number of hydrogen-bond donors (Lipinski definition) is 0. The number of aryl methyl sites for hydroxylation is 1. The summed E-state index contributed by atoms with van der Waals surface area (Å²) in [6, 6.07) is 8.93. The second-order valence-corrected chi connectivity index (χ2v) is 6.08. The predicted octanol–water partition coefficient (Wildman–Crippen LogP) is 3.01. The number of rotatable bonds is 4. The van der Waals surface area contributed by atoms with Gasteiger partial charge in [-0.1, -0.05) is 19.1 Å². The third kappa shape index (κ3) is 3.10. The maximum absolute atomic E-state index is 5.37. The molecule has 0 bridgehead atoms. The average Bonchev–Trinajstić information content (AvgIpc) is 3.05. The van der Waals surface area contributed by atoms with Gasteiger partial charge in [0.15, 0.2) is 0 Å². The maximum atomic E-state index is 5.37. The van der Waals surface area contributed by atoms with E-state index in [4.69, 9.17) is 4.74 Å². The van der Waals surface area contributed by atoms with Gasteiger partial charge >= 0.3 is 0 Å². The number of ether oxygens (including phenoxy) is 1. The largest absolute Gasteiger partial charge is 0.497 e. The summed E-state index contributed by atoms with van der Waals surface area (Å²) >= 11 is 0. The smallest absolute Gasteiger partial charge is 0.119 e. The van der Waals surface area contributed by atoms with E-state index in [1.165, 1.54) is 17.5 Å². The Balaban J connectivity index is 1.81. The molecule has 2 aromatic rings. The van der Waals surface area contributed by atoms with Crippen molar-refractivity contribution < 1.29 is 4.74 Å². The molecule has 0 N–H and O–H groups in total. The molecule has 0 amide bonds. The van der Waals surface area contributed by atoms with Crippen molar-refractivity contribution in [2.75, 3.05) is 13.7 Å². The molecule has 0 unspecified atom stereocenters. The van der Waals surface area contributed by atoms with Gasteiger partial charge in [0, 0.05) is 37.9 Å². The van der Waals surface area contributed by atoms with E-state index >= 15 is 0 Å². The van der Waals surface area contributed by atoms with Crippen LogP contribution in [0.25, 0.3) is 0 Å². The van der Waals surface area contributed by atoms with Crippen molar-refractivity contribution in [2.45, 2.75) is 25.9 Å². The van der Waals surface area contributed by atoms with Crippen LogP contribution in [-0.2, 0) is 13.6 Å². The standard InChI is InChI=1S/C17H23N3O/c1-13-7-17(15-5-4-6-16(8-15)21-3)20(10-13)12-14-9-18-19(2)11-14/h4-6,8-9,11,13,17H,7,10,12H2,1-3H3/t13-,17+/m0/s1. The Kier molecular flexibility index (Phi) is 3.97. The van der Waals surface area contributed by atoms with Crippen LogP contribution in [0.15, 0.2) is 36.7 Å². The zero-order chi connectivity index (χ0) is 14.8. The number of nitrogens with zero attached hydrogens (tertiary/aromatic N) is 3. The molecule has 0 radical (unpaired) electrons. The summed E-state index contributed by atoms with van der Waals surface area (Å²) in [7, 11) is 3.69. The molecule has 3 rings (SSSR count). The van der Waals surface area contributed by atoms with E-state index in [-0.39, 0.29) is 0 Å². The molecule has 4 nitrogen and oxygen atoms in total. The highest BCUT2D eigenvalue weighted by Gasteiger charge is 2.31. The fourth-order valence-electron chi connectivity index (χ4n) is 3.29. The molecule has 112 valence electrons. The van der Waals surface area contributed by atoms with E-state index in [0.717, 1.165) is 24.8 Å². The highest BCUT2D eigenvalue weighted by atomic mass is 16.5. The topological polar surface area (TPSA) is 30.3 Å². The first-order valence-corrected chi connectivity index (χ1v) is 7.51. The van der Waals surface area contributed by atoms with Crippen LogP contribution in [0, 0.1) is 5.92 Å². The highest BCUT2D eigenvalue weighted by Crippen LogP contribution is 2.37. The van der Waals surface area contributed by atoms with Crippen molar-refractivity contribution in [3.8, 4) is 5.75 Å². The molecule has 1 aliphatic rings. The molecule has 1 fully saturated rings. The van der Waals surface area contributed by atoms with Crippen LogP contribution in [0.5, 0.6) is 5.75 Å². The molecule has 0 spiro atoms. The lowest BCUT2D eigenvalue weighted by molar-refractivity contribution is 0.245. The Morgan fingerprint density at radius 1 is 1.38 bits per heavy atom. The van der Waals surface area contributed by atoms with E-state index in [1.807, 2.05) is 24.0 Å². The molecular formula is C17H23N3O. The first kappa shape index (κ1) is 14.1. The Bertz CT molecular complexity index is 608. The van der Waals surface area contributed by atoms with E-state index in [2.05, 4.69) is 41.3 Å². The second kappa shape index (κ2) is 5.90. The van der Waals surface area contributed by atoms with Gasteiger partial charge < -0.3 is 4.74 Å². The van der Waals surface area contributed by atoms with Crippen LogP contribution < -0.4 is 4.74 Å². The molecule has 1 aromatic carbocycles. The number of likely N-dealkylation sites (tertiary alicyclic amines) is 1. The molecule has 0 aliphatic carbocycles. The summed E-state index contributed by atoms with van der Waals surface area (Å²) in [5.74, 6) is 1.66. The van der Waals surface area contributed by atoms with E-state index in [9.17, 15) is 0 Å². The summed E-state index contributed by atoms with van der Waals surface area (Å²) in [5.41, 5.74) is 2.63. The molecule has 0 saturated carbocycles. The molecular weight excluding hydrogens is 262 g/mol. The lowest BCUT2D eigenvalue weighted by Crippen LogP contribution is -2.23. The van der Waals surface area contributed by atoms with Crippen molar-refractivity contribution in [2.24, 2.45) is 13.0 Å². The van der Waals surface area contributed by atoms with Crippen molar-refractivity contribution in [3.05, 3.63) is 47.8 Å². The lowest BCUT2D eigenvalue weighted by Gasteiger charge is -2.24. The van der Waals surface area contributed by atoms with Crippen LogP contribution in [0.1, 0.15) is 30.5 Å². The Labute approximate surface area is 126 Å². The zero-order valence-corrected chi connectivity index (χ0v) is 13.0. The first-order chi connectivity index (χ1) is 10.2. The Morgan fingerprint density at radius 3 is 2.95 bits per heavy atom. The Hall–Kier alpha value is -1.81. The van der Waals surface area contributed by atoms with Crippen molar-refractivity contribution in [1.29, 1.82) is 0 Å². The summed E-state index contributed by atoms with van der Waals surface area (Å²) in [4.78, 5) is 2.55. The van der Waals surface area contributed by atoms with Crippen LogP contribution >= 0.6 is 0 Å². The lowest BCUT2D eigenvalue weighted by atomic mass is 10.0. The van der Waals surface area contributed by atoms with Crippen LogP contribution in [-0.4, -0.2) is 28.3 Å². The van der Waals surface area contributed by atoms with Gasteiger partial charge in [-0.3, -0.25) is 9.58 Å². The first-order valence-electron chi connectivity index (χ1n) is 7.51. The molecule has 1 saturated heterocycles. The van der Waals surface area contributed by atoms with Crippen molar-refractivity contribution >= 4 is 0 Å². The SMILES string of the molecule is COc1cccc([C@H]2C[C@H](C)CN2Cc2cnn(C)c2)c1. The third-order valence-corrected chi connectivity index (χ3v) is 4.24. The quantitative estimate of drug-likeness (QED) is 0.865. The van der Waals surface area contributed by atoms with Crippen molar-refractivity contribution in [1.82, 2.24) is 14.7 Å². The molecule has 4 heteroatoms. The summed E-state index contributed by atoms with van der Waals surface area (Å²) in [5, 5.41) is 4.27. The second-order valence-electron chi connectivity index (χ2n) is 6.08. The van der Waals surface area contributed by atoms with Gasteiger partial charge in [-0.2, -0.15) is 5.10 Å². The minimum Gasteiger partial charge on any atom is -0.497 e. The van der Waals surface area contributed by atoms with Gasteiger partial charge in [-0.25, -0.2) is 0 Å². The summed E-state index contributed by atoms with van der Waals surface area (Å²) < 4.78 is 7.24. The number of hydrogen-bond acceptors (Lipinski definition) is 3. The normalized spacial score (nSPS) is 22.6. The van der Waals surface area contributed by atoms with Crippen LogP contribution in [0.4, 0.5) is 0 Å². The maximum Gasteiger partial charge on any atom is 0.119 e. The third-order valence-electron chi connectivity index (χ3n) is 4.24. The number of benzene rings is 1. The Morgan fingerprint density at radius 2 is 2.24 bits per heavy atom. The van der Waals surface area contributed by atoms with E-state index in [1.54, 1.807) is 7.11 Å². The van der Waals surface area contributed by atoms with Gasteiger partial charge in [0.05, 0.1) is 13.3 Å². The summed E-state index contributed by atoms with van der Waals surface area (Å²) in [6.07, 6.45) is 5.27. The van der Waals surface area contributed by atoms with Gasteiger partial charge in [-0.15, -0.1) is 0 Å². The molecule has 1 aromatic heterocycles.